The number of allylic oxidation sites excluding steroid dienone is 1. The average molecular weight is 389 g/mol. The van der Waals surface area contributed by atoms with E-state index < -0.39 is 5.97 Å². The molecular weight excluding hydrogens is 360 g/mol. The van der Waals surface area contributed by atoms with Gasteiger partial charge in [0.05, 0.1) is 12.7 Å². The zero-order valence-corrected chi connectivity index (χ0v) is 17.2. The minimum absolute atomic E-state index is 0.307. The monoisotopic (exact) mass is 388 g/mol. The van der Waals surface area contributed by atoms with Gasteiger partial charge in [-0.25, -0.2) is 4.79 Å². The number of fused-ring (bicyclic) bond motifs is 1. The Morgan fingerprint density at radius 2 is 1.76 bits per heavy atom. The molecule has 150 valence electrons. The van der Waals surface area contributed by atoms with Crippen molar-refractivity contribution in [1.82, 2.24) is 0 Å². The first kappa shape index (κ1) is 20.7. The van der Waals surface area contributed by atoms with Crippen molar-refractivity contribution in [2.75, 3.05) is 7.11 Å². The highest BCUT2D eigenvalue weighted by molar-refractivity contribution is 5.95. The fourth-order valence-corrected chi connectivity index (χ4v) is 3.80. The van der Waals surface area contributed by atoms with Crippen LogP contribution in [0.2, 0.25) is 0 Å². The van der Waals surface area contributed by atoms with Crippen LogP contribution in [0, 0.1) is 5.92 Å². The quantitative estimate of drug-likeness (QED) is 0.412. The van der Waals surface area contributed by atoms with E-state index in [9.17, 15) is 9.90 Å². The summed E-state index contributed by atoms with van der Waals surface area (Å²) in [5.74, 6) is 0.664. The van der Waals surface area contributed by atoms with Crippen molar-refractivity contribution in [2.45, 2.75) is 32.6 Å². The van der Waals surface area contributed by atoms with E-state index in [-0.39, 0.29) is 0 Å². The maximum atomic E-state index is 11.2. The smallest absolute Gasteiger partial charge is 0.335 e. The third kappa shape index (κ3) is 4.86. The first-order valence-corrected chi connectivity index (χ1v) is 10.1. The van der Waals surface area contributed by atoms with Gasteiger partial charge in [0.2, 0.25) is 0 Å². The maximum Gasteiger partial charge on any atom is 0.335 e. The molecule has 3 rings (SSSR count). The van der Waals surface area contributed by atoms with Gasteiger partial charge in [-0.3, -0.25) is 0 Å². The lowest BCUT2D eigenvalue weighted by Crippen LogP contribution is -2.01. The van der Waals surface area contributed by atoms with Gasteiger partial charge in [-0.1, -0.05) is 43.7 Å². The molecule has 1 N–H and O–H groups in total. The molecule has 1 atom stereocenters. The zero-order chi connectivity index (χ0) is 20.8. The van der Waals surface area contributed by atoms with Crippen molar-refractivity contribution < 1.29 is 14.6 Å². The second kappa shape index (κ2) is 9.42. The van der Waals surface area contributed by atoms with E-state index in [4.69, 9.17) is 4.74 Å². The Balaban J connectivity index is 1.90. The van der Waals surface area contributed by atoms with Gasteiger partial charge in [0.15, 0.2) is 0 Å². The average Bonchev–Trinajstić information content (AvgIpc) is 2.75. The predicted octanol–water partition coefficient (Wildman–Crippen LogP) is 6.75. The number of aromatic carboxylic acids is 1. The Bertz CT molecular complexity index is 1020. The summed E-state index contributed by atoms with van der Waals surface area (Å²) < 4.78 is 5.59. The maximum absolute atomic E-state index is 11.2. The molecule has 3 heteroatoms. The molecular formula is C26H28O3. The molecule has 0 heterocycles. The third-order valence-corrected chi connectivity index (χ3v) is 5.60. The Morgan fingerprint density at radius 3 is 2.45 bits per heavy atom. The number of rotatable bonds is 9. The second-order valence-corrected chi connectivity index (χ2v) is 7.45. The van der Waals surface area contributed by atoms with Crippen LogP contribution in [-0.4, -0.2) is 18.2 Å². The summed E-state index contributed by atoms with van der Waals surface area (Å²) in [6, 6.07) is 17.7. The number of carboxylic acid groups (broad SMARTS) is 1. The Hall–Kier alpha value is -3.07. The topological polar surface area (TPSA) is 46.5 Å². The van der Waals surface area contributed by atoms with Crippen molar-refractivity contribution in [3.8, 4) is 16.9 Å². The lowest BCUT2D eigenvalue weighted by atomic mass is 9.92. The van der Waals surface area contributed by atoms with Crippen LogP contribution in [0.25, 0.3) is 21.9 Å². The molecule has 1 unspecified atom stereocenters. The SMILES string of the molecule is C=CCC(CC)CCc1cc(-c2ccc3cc(C(=O)O)ccc3c2)ccc1OC. The summed E-state index contributed by atoms with van der Waals surface area (Å²) in [6.45, 7) is 6.10. The van der Waals surface area contributed by atoms with Crippen LogP contribution in [0.15, 0.2) is 67.3 Å². The Morgan fingerprint density at radius 1 is 1.07 bits per heavy atom. The van der Waals surface area contributed by atoms with Gasteiger partial charge in [-0.15, -0.1) is 6.58 Å². The van der Waals surface area contributed by atoms with Crippen LogP contribution in [0.4, 0.5) is 0 Å². The van der Waals surface area contributed by atoms with Crippen LogP contribution < -0.4 is 4.74 Å². The van der Waals surface area contributed by atoms with Gasteiger partial charge in [0.25, 0.3) is 0 Å². The van der Waals surface area contributed by atoms with E-state index in [1.54, 1.807) is 19.2 Å². The highest BCUT2D eigenvalue weighted by Gasteiger charge is 2.11. The zero-order valence-electron chi connectivity index (χ0n) is 17.2. The fraction of sp³-hybridized carbons (Fsp3) is 0.269. The van der Waals surface area contributed by atoms with E-state index in [1.807, 2.05) is 30.3 Å². The summed E-state index contributed by atoms with van der Waals surface area (Å²) in [5, 5.41) is 11.1. The molecule has 0 aromatic heterocycles. The number of benzene rings is 3. The second-order valence-electron chi connectivity index (χ2n) is 7.45. The molecule has 0 spiro atoms. The first-order chi connectivity index (χ1) is 14.0. The Labute approximate surface area is 172 Å². The van der Waals surface area contributed by atoms with E-state index in [2.05, 4.69) is 31.7 Å². The molecule has 3 aromatic rings. The van der Waals surface area contributed by atoms with Gasteiger partial charge >= 0.3 is 5.97 Å². The highest BCUT2D eigenvalue weighted by atomic mass is 16.5. The largest absolute Gasteiger partial charge is 0.496 e. The molecule has 0 saturated carbocycles. The van der Waals surface area contributed by atoms with Gasteiger partial charge in [-0.05, 0) is 83.0 Å². The highest BCUT2D eigenvalue weighted by Crippen LogP contribution is 2.31. The molecule has 0 aliphatic heterocycles. The molecule has 0 aliphatic rings. The van der Waals surface area contributed by atoms with Gasteiger partial charge < -0.3 is 9.84 Å². The molecule has 0 radical (unpaired) electrons. The number of carbonyl (C=O) groups is 1. The van der Waals surface area contributed by atoms with E-state index >= 15 is 0 Å². The van der Waals surface area contributed by atoms with Gasteiger partial charge in [-0.2, -0.15) is 0 Å². The fourth-order valence-electron chi connectivity index (χ4n) is 3.80. The van der Waals surface area contributed by atoms with E-state index in [1.165, 1.54) is 5.56 Å². The normalized spacial score (nSPS) is 11.9. The number of ether oxygens (including phenoxy) is 1. The lowest BCUT2D eigenvalue weighted by Gasteiger charge is -2.15. The van der Waals surface area contributed by atoms with Crippen LogP contribution >= 0.6 is 0 Å². The number of carboxylic acids is 1. The van der Waals surface area contributed by atoms with E-state index in [0.29, 0.717) is 11.5 Å². The molecule has 0 aliphatic carbocycles. The standard InChI is InChI=1S/C26H28O3/c1-4-6-18(5-2)7-8-23-16-22(13-14-25(23)29-3)19-9-10-21-17-24(26(27)28)12-11-20(21)15-19/h4,9-18H,1,5-8H2,2-3H3,(H,27,28). The van der Waals surface area contributed by atoms with Crippen molar-refractivity contribution in [3.63, 3.8) is 0 Å². The van der Waals surface area contributed by atoms with Crippen molar-refractivity contribution in [1.29, 1.82) is 0 Å². The van der Waals surface area contributed by atoms with Crippen molar-refractivity contribution in [2.24, 2.45) is 5.92 Å². The van der Waals surface area contributed by atoms with Gasteiger partial charge in [0.1, 0.15) is 5.75 Å². The minimum atomic E-state index is -0.905. The van der Waals surface area contributed by atoms with Crippen LogP contribution in [0.3, 0.4) is 0 Å². The van der Waals surface area contributed by atoms with Crippen molar-refractivity contribution in [3.05, 3.63) is 78.4 Å². The molecule has 0 fully saturated rings. The molecule has 0 amide bonds. The van der Waals surface area contributed by atoms with Crippen LogP contribution in [-0.2, 0) is 6.42 Å². The summed E-state index contributed by atoms with van der Waals surface area (Å²) in [7, 11) is 1.72. The lowest BCUT2D eigenvalue weighted by molar-refractivity contribution is 0.0697. The molecule has 0 bridgehead atoms. The minimum Gasteiger partial charge on any atom is -0.496 e. The third-order valence-electron chi connectivity index (χ3n) is 5.60. The van der Waals surface area contributed by atoms with E-state index in [0.717, 1.165) is 53.3 Å². The number of aryl methyl sites for hydroxylation is 1. The summed E-state index contributed by atoms with van der Waals surface area (Å²) in [6.07, 6.45) is 6.28. The molecule has 3 nitrogen and oxygen atoms in total. The van der Waals surface area contributed by atoms with Gasteiger partial charge in [0, 0.05) is 0 Å². The van der Waals surface area contributed by atoms with Crippen molar-refractivity contribution >= 4 is 16.7 Å². The number of methoxy groups -OCH3 is 1. The first-order valence-electron chi connectivity index (χ1n) is 10.1. The summed E-state index contributed by atoms with van der Waals surface area (Å²) >= 11 is 0. The number of hydrogen-bond donors (Lipinski definition) is 1. The Kier molecular flexibility index (Phi) is 6.71. The summed E-state index contributed by atoms with van der Waals surface area (Å²) in [4.78, 5) is 11.2. The van der Waals surface area contributed by atoms with Crippen LogP contribution in [0.1, 0.15) is 42.1 Å². The van der Waals surface area contributed by atoms with Crippen LogP contribution in [0.5, 0.6) is 5.75 Å². The molecule has 29 heavy (non-hydrogen) atoms. The number of hydrogen-bond acceptors (Lipinski definition) is 2. The molecule has 3 aromatic carbocycles. The summed E-state index contributed by atoms with van der Waals surface area (Å²) in [5.41, 5.74) is 3.78. The predicted molar refractivity (Wildman–Crippen MR) is 120 cm³/mol. The molecule has 0 saturated heterocycles.